The maximum Gasteiger partial charge on any atom is 0.337 e. The number of anilines is 1. The van der Waals surface area contributed by atoms with Crippen LogP contribution >= 0.6 is 0 Å². The summed E-state index contributed by atoms with van der Waals surface area (Å²) < 4.78 is 29.5. The monoisotopic (exact) mass is 369 g/mol. The van der Waals surface area contributed by atoms with Crippen molar-refractivity contribution in [1.82, 2.24) is 0 Å². The lowest BCUT2D eigenvalue weighted by atomic mass is 10.1. The second-order valence-electron chi connectivity index (χ2n) is 5.96. The molecule has 0 amide bonds. The van der Waals surface area contributed by atoms with Crippen molar-refractivity contribution in [1.29, 1.82) is 0 Å². The largest absolute Gasteiger partial charge is 0.465 e. The molecule has 0 aliphatic rings. The molecule has 0 radical (unpaired) electrons. The van der Waals surface area contributed by atoms with Crippen molar-refractivity contribution in [2.45, 2.75) is 5.75 Å². The minimum atomic E-state index is -3.37. The number of hydrogen-bond donors (Lipinski definition) is 1. The summed E-state index contributed by atoms with van der Waals surface area (Å²) in [4.78, 5) is 11.5. The maximum absolute atomic E-state index is 12.4. The average Bonchev–Trinajstić information content (AvgIpc) is 2.65. The fraction of sp³-hybridized carbons (Fsp3) is 0.150. The normalized spacial score (nSPS) is 11.3. The molecule has 134 valence electrons. The Bertz CT molecular complexity index is 1040. The van der Waals surface area contributed by atoms with Crippen LogP contribution in [-0.4, -0.2) is 27.4 Å². The molecular weight excluding hydrogens is 350 g/mol. The van der Waals surface area contributed by atoms with Crippen LogP contribution in [0, 0.1) is 0 Å². The molecule has 0 unspecified atom stereocenters. The summed E-state index contributed by atoms with van der Waals surface area (Å²) in [6.07, 6.45) is 0. The summed E-state index contributed by atoms with van der Waals surface area (Å²) in [6.45, 7) is 0. The van der Waals surface area contributed by atoms with Gasteiger partial charge < -0.3 is 10.1 Å². The molecule has 0 aliphatic carbocycles. The molecule has 0 atom stereocenters. The van der Waals surface area contributed by atoms with E-state index in [-0.39, 0.29) is 11.6 Å². The van der Waals surface area contributed by atoms with E-state index < -0.39 is 15.8 Å². The van der Waals surface area contributed by atoms with Gasteiger partial charge in [-0.3, -0.25) is 0 Å². The second-order valence-corrected chi connectivity index (χ2v) is 8.03. The van der Waals surface area contributed by atoms with Crippen LogP contribution in [0.5, 0.6) is 0 Å². The number of ether oxygens (including phenoxy) is 1. The van der Waals surface area contributed by atoms with E-state index in [2.05, 4.69) is 10.1 Å². The zero-order valence-corrected chi connectivity index (χ0v) is 15.1. The number of sulfone groups is 1. The Morgan fingerprint density at radius 1 is 0.962 bits per heavy atom. The topological polar surface area (TPSA) is 72.5 Å². The Hall–Kier alpha value is -2.86. The fourth-order valence-corrected chi connectivity index (χ4v) is 3.88. The molecule has 0 fully saturated rings. The molecule has 5 nitrogen and oxygen atoms in total. The first kappa shape index (κ1) is 17.9. The lowest BCUT2D eigenvalue weighted by molar-refractivity contribution is 0.0601. The molecule has 6 heteroatoms. The first-order valence-corrected chi connectivity index (χ1v) is 9.89. The lowest BCUT2D eigenvalue weighted by Crippen LogP contribution is -2.16. The Kier molecular flexibility index (Phi) is 5.23. The van der Waals surface area contributed by atoms with Crippen molar-refractivity contribution >= 4 is 32.3 Å². The van der Waals surface area contributed by atoms with Crippen LogP contribution < -0.4 is 5.32 Å². The van der Waals surface area contributed by atoms with Gasteiger partial charge in [0.05, 0.1) is 18.4 Å². The third-order valence-corrected chi connectivity index (χ3v) is 5.34. The maximum atomic E-state index is 12.4. The number of carbonyl (C=O) groups is 1. The van der Waals surface area contributed by atoms with Crippen molar-refractivity contribution in [3.63, 3.8) is 0 Å². The first-order chi connectivity index (χ1) is 12.5. The third-order valence-electron chi connectivity index (χ3n) is 3.98. The van der Waals surface area contributed by atoms with Gasteiger partial charge in [0.2, 0.25) is 0 Å². The molecule has 0 saturated heterocycles. The predicted molar refractivity (Wildman–Crippen MR) is 103 cm³/mol. The van der Waals surface area contributed by atoms with Crippen molar-refractivity contribution in [3.05, 3.63) is 77.9 Å². The third kappa shape index (κ3) is 4.40. The number of hydrogen-bond acceptors (Lipinski definition) is 5. The van der Waals surface area contributed by atoms with E-state index in [4.69, 9.17) is 0 Å². The zero-order valence-electron chi connectivity index (χ0n) is 14.3. The Morgan fingerprint density at radius 3 is 2.50 bits per heavy atom. The first-order valence-electron chi connectivity index (χ1n) is 8.07. The summed E-state index contributed by atoms with van der Waals surface area (Å²) in [7, 11) is -2.07. The number of fused-ring (bicyclic) bond motifs is 1. The molecule has 3 aromatic rings. The minimum absolute atomic E-state index is 0.0540. The number of nitrogens with one attached hydrogen (secondary N) is 1. The van der Waals surface area contributed by atoms with Gasteiger partial charge in [0.25, 0.3) is 0 Å². The summed E-state index contributed by atoms with van der Waals surface area (Å²) in [5, 5.41) is 4.95. The standard InChI is InChI=1S/C20H19NO4S/c1-25-20(22)18-7-4-8-19(12-18)21-14-26(23,24)13-15-9-10-16-5-2-3-6-17(16)11-15/h2-12,21H,13-14H2,1H3. The summed E-state index contributed by atoms with van der Waals surface area (Å²) >= 11 is 0. The van der Waals surface area contributed by atoms with Gasteiger partial charge in [-0.2, -0.15) is 0 Å². The molecule has 3 rings (SSSR count). The van der Waals surface area contributed by atoms with E-state index in [1.807, 2.05) is 42.5 Å². The highest BCUT2D eigenvalue weighted by Crippen LogP contribution is 2.18. The Balaban J connectivity index is 1.69. The van der Waals surface area contributed by atoms with Gasteiger partial charge in [-0.1, -0.05) is 48.5 Å². The highest BCUT2D eigenvalue weighted by atomic mass is 32.2. The highest BCUT2D eigenvalue weighted by molar-refractivity contribution is 7.90. The Labute approximate surface area is 152 Å². The second kappa shape index (κ2) is 7.58. The Morgan fingerprint density at radius 2 is 1.73 bits per heavy atom. The number of esters is 1. The van der Waals surface area contributed by atoms with Crippen LogP contribution in [0.2, 0.25) is 0 Å². The lowest BCUT2D eigenvalue weighted by Gasteiger charge is -2.09. The molecule has 0 aliphatic heterocycles. The SMILES string of the molecule is COC(=O)c1cccc(NCS(=O)(=O)Cc2ccc3ccccc3c2)c1. The van der Waals surface area contributed by atoms with Gasteiger partial charge >= 0.3 is 5.97 Å². The van der Waals surface area contributed by atoms with Gasteiger partial charge in [-0.25, -0.2) is 13.2 Å². The summed E-state index contributed by atoms with van der Waals surface area (Å²) in [5.74, 6) is -0.737. The van der Waals surface area contributed by atoms with Crippen LogP contribution in [0.3, 0.4) is 0 Å². The molecular formula is C20H19NO4S. The highest BCUT2D eigenvalue weighted by Gasteiger charge is 2.13. The fourth-order valence-electron chi connectivity index (χ4n) is 2.70. The number of rotatable bonds is 6. The molecule has 0 heterocycles. The number of benzene rings is 3. The van der Waals surface area contributed by atoms with Crippen LogP contribution in [-0.2, 0) is 20.3 Å². The number of carbonyl (C=O) groups excluding carboxylic acids is 1. The van der Waals surface area contributed by atoms with E-state index in [1.165, 1.54) is 7.11 Å². The smallest absolute Gasteiger partial charge is 0.337 e. The molecule has 1 N–H and O–H groups in total. The van der Waals surface area contributed by atoms with Gasteiger partial charge in [-0.05, 0) is 34.5 Å². The zero-order chi connectivity index (χ0) is 18.6. The molecule has 0 bridgehead atoms. The summed E-state index contributed by atoms with van der Waals surface area (Å²) in [5.41, 5.74) is 1.66. The summed E-state index contributed by atoms with van der Waals surface area (Å²) in [6, 6.07) is 20.0. The number of methoxy groups -OCH3 is 1. The molecule has 3 aromatic carbocycles. The van der Waals surface area contributed by atoms with Crippen molar-refractivity contribution < 1.29 is 17.9 Å². The van der Waals surface area contributed by atoms with E-state index in [9.17, 15) is 13.2 Å². The van der Waals surface area contributed by atoms with E-state index in [1.54, 1.807) is 24.3 Å². The van der Waals surface area contributed by atoms with Crippen molar-refractivity contribution in [2.75, 3.05) is 18.3 Å². The molecule has 26 heavy (non-hydrogen) atoms. The van der Waals surface area contributed by atoms with E-state index >= 15 is 0 Å². The van der Waals surface area contributed by atoms with E-state index in [0.29, 0.717) is 11.3 Å². The quantitative estimate of drug-likeness (QED) is 0.672. The van der Waals surface area contributed by atoms with Crippen LogP contribution in [0.4, 0.5) is 5.69 Å². The molecule has 0 saturated carbocycles. The van der Waals surface area contributed by atoms with Crippen molar-refractivity contribution in [3.8, 4) is 0 Å². The van der Waals surface area contributed by atoms with Gasteiger partial charge in [0, 0.05) is 5.69 Å². The molecule has 0 spiro atoms. The van der Waals surface area contributed by atoms with Crippen molar-refractivity contribution in [2.24, 2.45) is 0 Å². The van der Waals surface area contributed by atoms with Crippen LogP contribution in [0.15, 0.2) is 66.7 Å². The predicted octanol–water partition coefficient (Wildman–Crippen LogP) is 3.61. The van der Waals surface area contributed by atoms with Gasteiger partial charge in [0.1, 0.15) is 5.88 Å². The van der Waals surface area contributed by atoms with Gasteiger partial charge in [-0.15, -0.1) is 0 Å². The van der Waals surface area contributed by atoms with Crippen LogP contribution in [0.1, 0.15) is 15.9 Å². The minimum Gasteiger partial charge on any atom is -0.465 e. The van der Waals surface area contributed by atoms with E-state index in [0.717, 1.165) is 16.3 Å². The van der Waals surface area contributed by atoms with Gasteiger partial charge in [0.15, 0.2) is 9.84 Å². The molecule has 0 aromatic heterocycles. The average molecular weight is 369 g/mol. The van der Waals surface area contributed by atoms with Crippen LogP contribution in [0.25, 0.3) is 10.8 Å².